The van der Waals surface area contributed by atoms with E-state index in [9.17, 15) is 9.59 Å². The maximum atomic E-state index is 11.7. The SMILES string of the molecule is CC(C)CC(=O)Nc1cccc(-n2cc(C(=O)O)nn2)c1. The highest BCUT2D eigenvalue weighted by molar-refractivity contribution is 5.91. The number of benzene rings is 1. The van der Waals surface area contributed by atoms with Crippen LogP contribution in [0.25, 0.3) is 5.69 Å². The Labute approximate surface area is 121 Å². The van der Waals surface area contributed by atoms with Gasteiger partial charge in [0.2, 0.25) is 5.91 Å². The molecule has 1 aromatic carbocycles. The molecule has 0 spiro atoms. The number of rotatable bonds is 5. The van der Waals surface area contributed by atoms with Crippen LogP contribution in [-0.4, -0.2) is 32.0 Å². The van der Waals surface area contributed by atoms with Crippen molar-refractivity contribution in [3.63, 3.8) is 0 Å². The Morgan fingerprint density at radius 3 is 2.76 bits per heavy atom. The topological polar surface area (TPSA) is 97.1 Å². The van der Waals surface area contributed by atoms with Crippen LogP contribution < -0.4 is 5.32 Å². The number of anilines is 1. The molecule has 0 bridgehead atoms. The third-order valence-electron chi connectivity index (χ3n) is 2.70. The highest BCUT2D eigenvalue weighted by Gasteiger charge is 2.10. The number of carboxylic acids is 1. The Kier molecular flexibility index (Phi) is 4.32. The second-order valence-corrected chi connectivity index (χ2v) is 5.05. The summed E-state index contributed by atoms with van der Waals surface area (Å²) in [4.78, 5) is 22.5. The molecule has 1 aromatic heterocycles. The first kappa shape index (κ1) is 14.7. The lowest BCUT2D eigenvalue weighted by Gasteiger charge is -2.08. The molecule has 110 valence electrons. The molecule has 2 N–H and O–H groups in total. The van der Waals surface area contributed by atoms with Gasteiger partial charge in [-0.1, -0.05) is 25.1 Å². The number of nitrogens with one attached hydrogen (secondary N) is 1. The first-order valence-electron chi connectivity index (χ1n) is 6.51. The molecule has 2 aromatic rings. The van der Waals surface area contributed by atoms with Crippen LogP contribution in [0.15, 0.2) is 30.5 Å². The van der Waals surface area contributed by atoms with Gasteiger partial charge >= 0.3 is 5.97 Å². The van der Waals surface area contributed by atoms with Gasteiger partial charge in [-0.05, 0) is 24.1 Å². The Morgan fingerprint density at radius 1 is 1.38 bits per heavy atom. The molecule has 0 aliphatic heterocycles. The normalized spacial score (nSPS) is 10.6. The van der Waals surface area contributed by atoms with Gasteiger partial charge in [-0.2, -0.15) is 0 Å². The molecule has 1 amide bonds. The molecule has 0 radical (unpaired) electrons. The molecular formula is C14H16N4O3. The number of aromatic carboxylic acids is 1. The molecule has 0 saturated heterocycles. The van der Waals surface area contributed by atoms with Gasteiger partial charge < -0.3 is 10.4 Å². The van der Waals surface area contributed by atoms with Crippen LogP contribution >= 0.6 is 0 Å². The second-order valence-electron chi connectivity index (χ2n) is 5.05. The molecule has 0 aliphatic rings. The number of hydrogen-bond acceptors (Lipinski definition) is 4. The predicted octanol–water partition coefficient (Wildman–Crippen LogP) is 1.95. The Morgan fingerprint density at radius 2 is 2.14 bits per heavy atom. The quantitative estimate of drug-likeness (QED) is 0.876. The van der Waals surface area contributed by atoms with Crippen molar-refractivity contribution >= 4 is 17.6 Å². The van der Waals surface area contributed by atoms with Crippen LogP contribution in [0.1, 0.15) is 30.8 Å². The van der Waals surface area contributed by atoms with Gasteiger partial charge in [0.15, 0.2) is 5.69 Å². The van der Waals surface area contributed by atoms with Crippen molar-refractivity contribution in [2.75, 3.05) is 5.32 Å². The summed E-state index contributed by atoms with van der Waals surface area (Å²) in [5.41, 5.74) is 1.12. The van der Waals surface area contributed by atoms with Crippen molar-refractivity contribution in [2.45, 2.75) is 20.3 Å². The van der Waals surface area contributed by atoms with E-state index in [2.05, 4.69) is 15.6 Å². The van der Waals surface area contributed by atoms with Crippen molar-refractivity contribution in [1.29, 1.82) is 0 Å². The van der Waals surface area contributed by atoms with Gasteiger partial charge in [0.05, 0.1) is 11.9 Å². The van der Waals surface area contributed by atoms with Gasteiger partial charge in [0, 0.05) is 12.1 Å². The van der Waals surface area contributed by atoms with E-state index in [1.165, 1.54) is 10.9 Å². The first-order valence-corrected chi connectivity index (χ1v) is 6.51. The average molecular weight is 288 g/mol. The van der Waals surface area contributed by atoms with E-state index in [0.717, 1.165) is 0 Å². The first-order chi connectivity index (χ1) is 9.95. The minimum atomic E-state index is -1.14. The van der Waals surface area contributed by atoms with Crippen molar-refractivity contribution in [3.05, 3.63) is 36.2 Å². The molecule has 0 saturated carbocycles. The lowest BCUT2D eigenvalue weighted by atomic mass is 10.1. The summed E-state index contributed by atoms with van der Waals surface area (Å²) >= 11 is 0. The number of nitrogens with zero attached hydrogens (tertiary/aromatic N) is 3. The van der Waals surface area contributed by atoms with Crippen molar-refractivity contribution in [3.8, 4) is 5.69 Å². The van der Waals surface area contributed by atoms with Crippen LogP contribution in [0, 0.1) is 5.92 Å². The number of carbonyl (C=O) groups excluding carboxylic acids is 1. The fourth-order valence-electron chi connectivity index (χ4n) is 1.80. The average Bonchev–Trinajstić information content (AvgIpc) is 2.87. The van der Waals surface area contributed by atoms with E-state index in [4.69, 9.17) is 5.11 Å². The maximum Gasteiger partial charge on any atom is 0.358 e. The summed E-state index contributed by atoms with van der Waals surface area (Å²) in [6.07, 6.45) is 1.76. The molecule has 0 fully saturated rings. The zero-order valence-corrected chi connectivity index (χ0v) is 11.8. The third-order valence-corrected chi connectivity index (χ3v) is 2.70. The van der Waals surface area contributed by atoms with Crippen LogP contribution in [0.2, 0.25) is 0 Å². The molecule has 7 nitrogen and oxygen atoms in total. The molecule has 0 aliphatic carbocycles. The molecule has 2 rings (SSSR count). The monoisotopic (exact) mass is 288 g/mol. The van der Waals surface area contributed by atoms with Crippen LogP contribution in [0.5, 0.6) is 0 Å². The number of carboxylic acid groups (broad SMARTS) is 1. The number of aromatic nitrogens is 3. The molecule has 7 heteroatoms. The Balaban J connectivity index is 2.17. The van der Waals surface area contributed by atoms with Gasteiger partial charge in [-0.15, -0.1) is 5.10 Å². The van der Waals surface area contributed by atoms with E-state index in [1.54, 1.807) is 24.3 Å². The van der Waals surface area contributed by atoms with E-state index in [0.29, 0.717) is 17.8 Å². The molecular weight excluding hydrogens is 272 g/mol. The number of hydrogen-bond donors (Lipinski definition) is 2. The fourth-order valence-corrected chi connectivity index (χ4v) is 1.80. The van der Waals surface area contributed by atoms with Crippen molar-refractivity contribution in [2.24, 2.45) is 5.92 Å². The maximum absolute atomic E-state index is 11.7. The van der Waals surface area contributed by atoms with Crippen LogP contribution in [-0.2, 0) is 4.79 Å². The highest BCUT2D eigenvalue weighted by atomic mass is 16.4. The lowest BCUT2D eigenvalue weighted by Crippen LogP contribution is -2.14. The zero-order valence-electron chi connectivity index (χ0n) is 11.8. The van der Waals surface area contributed by atoms with E-state index >= 15 is 0 Å². The largest absolute Gasteiger partial charge is 0.476 e. The fraction of sp³-hybridized carbons (Fsp3) is 0.286. The Bertz CT molecular complexity index is 664. The summed E-state index contributed by atoms with van der Waals surface area (Å²) in [5.74, 6) is -0.920. The standard InChI is InChI=1S/C14H16N4O3/c1-9(2)6-13(19)15-10-4-3-5-11(7-10)18-8-12(14(20)21)16-17-18/h3-5,7-9H,6H2,1-2H3,(H,15,19)(H,20,21). The van der Waals surface area contributed by atoms with Gasteiger partial charge in [-0.3, -0.25) is 4.79 Å². The second kappa shape index (κ2) is 6.17. The van der Waals surface area contributed by atoms with Crippen molar-refractivity contribution < 1.29 is 14.7 Å². The van der Waals surface area contributed by atoms with Crippen LogP contribution in [0.3, 0.4) is 0 Å². The summed E-state index contributed by atoms with van der Waals surface area (Å²) < 4.78 is 1.35. The van der Waals surface area contributed by atoms with Crippen molar-refractivity contribution in [1.82, 2.24) is 15.0 Å². The Hall–Kier alpha value is -2.70. The summed E-state index contributed by atoms with van der Waals surface area (Å²) in [5, 5.41) is 18.9. The van der Waals surface area contributed by atoms with E-state index in [1.807, 2.05) is 13.8 Å². The molecule has 21 heavy (non-hydrogen) atoms. The van der Waals surface area contributed by atoms with E-state index in [-0.39, 0.29) is 17.5 Å². The molecule has 1 heterocycles. The van der Waals surface area contributed by atoms with Gasteiger partial charge in [0.25, 0.3) is 0 Å². The summed E-state index contributed by atoms with van der Waals surface area (Å²) in [7, 11) is 0. The number of carbonyl (C=O) groups is 2. The predicted molar refractivity (Wildman–Crippen MR) is 76.4 cm³/mol. The third kappa shape index (κ3) is 3.88. The van der Waals surface area contributed by atoms with E-state index < -0.39 is 5.97 Å². The van der Waals surface area contributed by atoms with Crippen LogP contribution in [0.4, 0.5) is 5.69 Å². The lowest BCUT2D eigenvalue weighted by molar-refractivity contribution is -0.116. The molecule has 0 atom stereocenters. The minimum absolute atomic E-state index is 0.0630. The summed E-state index contributed by atoms with van der Waals surface area (Å²) in [6.45, 7) is 3.94. The highest BCUT2D eigenvalue weighted by Crippen LogP contribution is 2.15. The van der Waals surface area contributed by atoms with Gasteiger partial charge in [0.1, 0.15) is 0 Å². The smallest absolute Gasteiger partial charge is 0.358 e. The number of amides is 1. The zero-order chi connectivity index (χ0) is 15.4. The summed E-state index contributed by atoms with van der Waals surface area (Å²) in [6, 6.07) is 6.97. The molecule has 0 unspecified atom stereocenters. The minimum Gasteiger partial charge on any atom is -0.476 e. The van der Waals surface area contributed by atoms with Gasteiger partial charge in [-0.25, -0.2) is 9.48 Å².